The Hall–Kier alpha value is -1.42. The van der Waals surface area contributed by atoms with E-state index < -0.39 is 5.54 Å². The van der Waals surface area contributed by atoms with Crippen LogP contribution < -0.4 is 10.6 Å². The maximum atomic E-state index is 11.9. The van der Waals surface area contributed by atoms with Crippen molar-refractivity contribution >= 4 is 5.91 Å². The van der Waals surface area contributed by atoms with Crippen molar-refractivity contribution in [3.05, 3.63) is 30.1 Å². The highest BCUT2D eigenvalue weighted by atomic mass is 16.2. The van der Waals surface area contributed by atoms with Crippen LogP contribution in [-0.2, 0) is 4.79 Å². The Bertz CT molecular complexity index is 391. The number of pyridine rings is 1. The van der Waals surface area contributed by atoms with Crippen molar-refractivity contribution in [1.82, 2.24) is 15.6 Å². The van der Waals surface area contributed by atoms with Gasteiger partial charge in [0.1, 0.15) is 6.17 Å². The van der Waals surface area contributed by atoms with E-state index in [4.69, 9.17) is 0 Å². The number of rotatable bonds is 2. The predicted octanol–water partition coefficient (Wildman–Crippen LogP) is 1.21. The quantitative estimate of drug-likeness (QED) is 0.786. The van der Waals surface area contributed by atoms with Crippen LogP contribution in [-0.4, -0.2) is 16.4 Å². The van der Waals surface area contributed by atoms with E-state index in [2.05, 4.69) is 15.6 Å². The van der Waals surface area contributed by atoms with Crippen molar-refractivity contribution < 1.29 is 4.79 Å². The van der Waals surface area contributed by atoms with Gasteiger partial charge in [0.15, 0.2) is 0 Å². The topological polar surface area (TPSA) is 54.0 Å². The van der Waals surface area contributed by atoms with Crippen molar-refractivity contribution in [2.75, 3.05) is 0 Å². The highest BCUT2D eigenvalue weighted by Gasteiger charge is 2.45. The Labute approximate surface area is 95.5 Å². The molecule has 4 nitrogen and oxygen atoms in total. The molecule has 1 amide bonds. The Morgan fingerprint density at radius 2 is 2.19 bits per heavy atom. The molecule has 16 heavy (non-hydrogen) atoms. The molecule has 0 bridgehead atoms. The first-order chi connectivity index (χ1) is 7.54. The highest BCUT2D eigenvalue weighted by molar-refractivity contribution is 5.88. The van der Waals surface area contributed by atoms with Crippen molar-refractivity contribution in [3.63, 3.8) is 0 Å². The lowest BCUT2D eigenvalue weighted by Gasteiger charge is -2.26. The molecule has 1 aliphatic rings. The molecule has 0 aliphatic carbocycles. The zero-order chi connectivity index (χ0) is 11.8. The van der Waals surface area contributed by atoms with E-state index in [1.807, 2.05) is 39.0 Å². The summed E-state index contributed by atoms with van der Waals surface area (Å²) in [6, 6.07) is 5.69. The fourth-order valence-corrected chi connectivity index (χ4v) is 1.81. The van der Waals surface area contributed by atoms with Gasteiger partial charge in [0.2, 0.25) is 5.91 Å². The van der Waals surface area contributed by atoms with Crippen molar-refractivity contribution in [3.8, 4) is 0 Å². The van der Waals surface area contributed by atoms with Gasteiger partial charge in [0, 0.05) is 6.20 Å². The molecule has 2 rings (SSSR count). The summed E-state index contributed by atoms with van der Waals surface area (Å²) in [6.07, 6.45) is 1.55. The van der Waals surface area contributed by atoms with Crippen molar-refractivity contribution in [1.29, 1.82) is 0 Å². The summed E-state index contributed by atoms with van der Waals surface area (Å²) in [4.78, 5) is 16.2. The Balaban J connectivity index is 2.22. The normalized spacial score (nSPS) is 29.5. The zero-order valence-corrected chi connectivity index (χ0v) is 9.82. The van der Waals surface area contributed by atoms with E-state index in [9.17, 15) is 4.79 Å². The molecule has 1 aromatic heterocycles. The third kappa shape index (κ3) is 1.69. The SMILES string of the molecule is CC(C)[C@]1(C)NC(c2ccccn2)NC1=O. The molecule has 1 aliphatic heterocycles. The van der Waals surface area contributed by atoms with Gasteiger partial charge in [-0.05, 0) is 25.0 Å². The summed E-state index contributed by atoms with van der Waals surface area (Å²) in [5, 5.41) is 6.24. The summed E-state index contributed by atoms with van der Waals surface area (Å²) in [7, 11) is 0. The van der Waals surface area contributed by atoms with E-state index in [1.165, 1.54) is 0 Å². The molecule has 0 aromatic carbocycles. The molecule has 4 heteroatoms. The molecule has 0 spiro atoms. The van der Waals surface area contributed by atoms with E-state index in [1.54, 1.807) is 6.20 Å². The predicted molar refractivity (Wildman–Crippen MR) is 61.5 cm³/mol. The van der Waals surface area contributed by atoms with Gasteiger partial charge in [-0.1, -0.05) is 19.9 Å². The van der Waals surface area contributed by atoms with Crippen LogP contribution in [0.15, 0.2) is 24.4 Å². The monoisotopic (exact) mass is 219 g/mol. The van der Waals surface area contributed by atoms with Crippen LogP contribution in [0.1, 0.15) is 32.6 Å². The number of amides is 1. The average molecular weight is 219 g/mol. The van der Waals surface area contributed by atoms with Gasteiger partial charge < -0.3 is 5.32 Å². The van der Waals surface area contributed by atoms with Gasteiger partial charge >= 0.3 is 0 Å². The van der Waals surface area contributed by atoms with Gasteiger partial charge in [-0.3, -0.25) is 15.1 Å². The van der Waals surface area contributed by atoms with Gasteiger partial charge in [-0.25, -0.2) is 0 Å². The second kappa shape index (κ2) is 3.87. The fraction of sp³-hybridized carbons (Fsp3) is 0.500. The Kier molecular flexibility index (Phi) is 2.68. The minimum atomic E-state index is -0.512. The van der Waals surface area contributed by atoms with E-state index in [0.29, 0.717) is 0 Å². The Morgan fingerprint density at radius 1 is 1.44 bits per heavy atom. The van der Waals surface area contributed by atoms with Crippen LogP contribution in [0.2, 0.25) is 0 Å². The summed E-state index contributed by atoms with van der Waals surface area (Å²) in [6.45, 7) is 6.00. The number of hydrogen-bond acceptors (Lipinski definition) is 3. The first-order valence-electron chi connectivity index (χ1n) is 5.53. The summed E-state index contributed by atoms with van der Waals surface area (Å²) in [5.41, 5.74) is 0.336. The summed E-state index contributed by atoms with van der Waals surface area (Å²) >= 11 is 0. The van der Waals surface area contributed by atoms with Crippen LogP contribution in [0, 0.1) is 5.92 Å². The van der Waals surface area contributed by atoms with E-state index in [-0.39, 0.29) is 18.0 Å². The van der Waals surface area contributed by atoms with Crippen LogP contribution in [0.5, 0.6) is 0 Å². The number of carbonyl (C=O) groups excluding carboxylic acids is 1. The molecule has 86 valence electrons. The maximum Gasteiger partial charge on any atom is 0.241 e. The van der Waals surface area contributed by atoms with E-state index >= 15 is 0 Å². The van der Waals surface area contributed by atoms with Crippen LogP contribution >= 0.6 is 0 Å². The highest BCUT2D eigenvalue weighted by Crippen LogP contribution is 2.26. The second-order valence-corrected chi connectivity index (χ2v) is 4.66. The minimum Gasteiger partial charge on any atom is -0.334 e. The van der Waals surface area contributed by atoms with Gasteiger partial charge in [0.05, 0.1) is 11.2 Å². The minimum absolute atomic E-state index is 0.0400. The Morgan fingerprint density at radius 3 is 2.69 bits per heavy atom. The molecule has 2 atom stereocenters. The number of hydrogen-bond donors (Lipinski definition) is 2. The van der Waals surface area contributed by atoms with Gasteiger partial charge in [-0.2, -0.15) is 0 Å². The van der Waals surface area contributed by atoms with Crippen molar-refractivity contribution in [2.45, 2.75) is 32.5 Å². The molecule has 1 fully saturated rings. The first kappa shape index (κ1) is 11.1. The van der Waals surface area contributed by atoms with Gasteiger partial charge in [-0.15, -0.1) is 0 Å². The third-order valence-electron chi connectivity index (χ3n) is 3.33. The van der Waals surface area contributed by atoms with E-state index in [0.717, 1.165) is 5.69 Å². The lowest BCUT2D eigenvalue weighted by atomic mass is 9.89. The second-order valence-electron chi connectivity index (χ2n) is 4.66. The molecule has 1 unspecified atom stereocenters. The molecule has 0 radical (unpaired) electrons. The molecule has 1 aromatic rings. The summed E-state index contributed by atoms with van der Waals surface area (Å²) < 4.78 is 0. The van der Waals surface area contributed by atoms with Crippen LogP contribution in [0.4, 0.5) is 0 Å². The molecular weight excluding hydrogens is 202 g/mol. The molecule has 0 saturated carbocycles. The van der Waals surface area contributed by atoms with Gasteiger partial charge in [0.25, 0.3) is 0 Å². The molecule has 2 heterocycles. The third-order valence-corrected chi connectivity index (χ3v) is 3.33. The number of aromatic nitrogens is 1. The number of nitrogens with one attached hydrogen (secondary N) is 2. The molecular formula is C12H17N3O. The lowest BCUT2D eigenvalue weighted by molar-refractivity contribution is -0.125. The summed E-state index contributed by atoms with van der Waals surface area (Å²) in [5.74, 6) is 0.277. The first-order valence-corrected chi connectivity index (χ1v) is 5.53. The lowest BCUT2D eigenvalue weighted by Crippen LogP contribution is -2.48. The largest absolute Gasteiger partial charge is 0.334 e. The average Bonchev–Trinajstić information content (AvgIpc) is 2.58. The standard InChI is InChI=1S/C12H17N3O/c1-8(2)12(3)11(16)14-10(15-12)9-6-4-5-7-13-9/h4-8,10,15H,1-3H3,(H,14,16)/t10?,12-/m0/s1. The molecule has 2 N–H and O–H groups in total. The fourth-order valence-electron chi connectivity index (χ4n) is 1.81. The smallest absolute Gasteiger partial charge is 0.241 e. The number of nitrogens with zero attached hydrogens (tertiary/aromatic N) is 1. The zero-order valence-electron chi connectivity index (χ0n) is 9.82. The van der Waals surface area contributed by atoms with Crippen LogP contribution in [0.3, 0.4) is 0 Å². The number of carbonyl (C=O) groups is 1. The molecule has 1 saturated heterocycles. The van der Waals surface area contributed by atoms with Crippen molar-refractivity contribution in [2.24, 2.45) is 5.92 Å². The maximum absolute atomic E-state index is 11.9. The van der Waals surface area contributed by atoms with Crippen LogP contribution in [0.25, 0.3) is 0 Å².